The molecule has 0 spiro atoms. The number of hydrogen-bond acceptors (Lipinski definition) is 7. The summed E-state index contributed by atoms with van der Waals surface area (Å²) in [5, 5.41) is 25.8. The molecule has 25 heavy (non-hydrogen) atoms. The molecule has 2 aliphatic heterocycles. The molecule has 1 saturated heterocycles. The van der Waals surface area contributed by atoms with Crippen molar-refractivity contribution in [2.45, 2.75) is 44.9 Å². The van der Waals surface area contributed by atoms with Crippen LogP contribution in [0.1, 0.15) is 36.5 Å². The van der Waals surface area contributed by atoms with E-state index >= 15 is 0 Å². The van der Waals surface area contributed by atoms with Crippen molar-refractivity contribution in [1.82, 2.24) is 9.88 Å². The highest BCUT2D eigenvalue weighted by atomic mass is 16.5. The first-order valence-electron chi connectivity index (χ1n) is 9.00. The zero-order chi connectivity index (χ0) is 17.8. The smallest absolute Gasteiger partial charge is 0.146 e. The molecule has 1 aromatic heterocycles. The number of anilines is 2. The summed E-state index contributed by atoms with van der Waals surface area (Å²) in [5.74, 6) is 1.38. The Hall–Kier alpha value is -1.88. The summed E-state index contributed by atoms with van der Waals surface area (Å²) in [5.41, 5.74) is 2.77. The molecule has 0 radical (unpaired) electrons. The second kappa shape index (κ2) is 8.00. The standard InChI is InChI=1S/C18H27N5O2/c1-12(24)9-20-17-15(8-19)14-5-6-23(2)11-16(14)18(22-17)21-10-13-4-3-7-25-13/h12-13,24H,3-7,9-11H2,1-2H3,(H2,20,21,22)/t12-,13-/m0/s1. The van der Waals surface area contributed by atoms with Gasteiger partial charge in [-0.2, -0.15) is 5.26 Å². The number of aliphatic hydroxyl groups excluding tert-OH is 1. The number of nitrogens with zero attached hydrogens (tertiary/aromatic N) is 3. The minimum absolute atomic E-state index is 0.225. The first-order chi connectivity index (χ1) is 12.1. The van der Waals surface area contributed by atoms with E-state index in [0.717, 1.165) is 62.4 Å². The number of hydrogen-bond donors (Lipinski definition) is 3. The quantitative estimate of drug-likeness (QED) is 0.716. The number of nitrogens with one attached hydrogen (secondary N) is 2. The van der Waals surface area contributed by atoms with Crippen molar-refractivity contribution in [3.05, 3.63) is 16.7 Å². The van der Waals surface area contributed by atoms with E-state index in [-0.39, 0.29) is 6.10 Å². The second-order valence-electron chi connectivity index (χ2n) is 6.99. The van der Waals surface area contributed by atoms with Gasteiger partial charge in [0.2, 0.25) is 0 Å². The highest BCUT2D eigenvalue weighted by Crippen LogP contribution is 2.31. The van der Waals surface area contributed by atoms with Crippen molar-refractivity contribution in [3.8, 4) is 6.07 Å². The van der Waals surface area contributed by atoms with E-state index in [1.54, 1.807) is 6.92 Å². The number of nitriles is 1. The Morgan fingerprint density at radius 2 is 2.24 bits per heavy atom. The minimum Gasteiger partial charge on any atom is -0.392 e. The van der Waals surface area contributed by atoms with Crippen LogP contribution in [-0.2, 0) is 17.7 Å². The predicted molar refractivity (Wildman–Crippen MR) is 96.6 cm³/mol. The molecule has 0 aromatic carbocycles. The molecule has 3 heterocycles. The molecule has 3 rings (SSSR count). The van der Waals surface area contributed by atoms with Gasteiger partial charge in [-0.3, -0.25) is 0 Å². The fraction of sp³-hybridized carbons (Fsp3) is 0.667. The van der Waals surface area contributed by atoms with Gasteiger partial charge < -0.3 is 25.4 Å². The normalized spacial score (nSPS) is 21.4. The van der Waals surface area contributed by atoms with E-state index in [1.165, 1.54) is 0 Å². The molecule has 1 fully saturated rings. The third kappa shape index (κ3) is 4.21. The Labute approximate surface area is 149 Å². The Balaban J connectivity index is 1.90. The summed E-state index contributed by atoms with van der Waals surface area (Å²) < 4.78 is 5.69. The zero-order valence-electron chi connectivity index (χ0n) is 15.0. The third-order valence-electron chi connectivity index (χ3n) is 4.78. The van der Waals surface area contributed by atoms with Crippen molar-refractivity contribution in [2.24, 2.45) is 0 Å². The fourth-order valence-electron chi connectivity index (χ4n) is 3.42. The van der Waals surface area contributed by atoms with Gasteiger partial charge in [-0.1, -0.05) is 0 Å². The first kappa shape index (κ1) is 17.9. The minimum atomic E-state index is -0.501. The monoisotopic (exact) mass is 345 g/mol. The Kier molecular flexibility index (Phi) is 5.74. The van der Waals surface area contributed by atoms with E-state index in [1.807, 2.05) is 0 Å². The third-order valence-corrected chi connectivity index (χ3v) is 4.78. The highest BCUT2D eigenvalue weighted by molar-refractivity contribution is 5.66. The molecular formula is C18H27N5O2. The molecule has 7 heteroatoms. The molecule has 0 unspecified atom stereocenters. The predicted octanol–water partition coefficient (Wildman–Crippen LogP) is 1.32. The van der Waals surface area contributed by atoms with E-state index in [2.05, 4.69) is 33.6 Å². The van der Waals surface area contributed by atoms with Crippen LogP contribution in [0.2, 0.25) is 0 Å². The lowest BCUT2D eigenvalue weighted by atomic mass is 9.96. The van der Waals surface area contributed by atoms with Crippen LogP contribution in [0.3, 0.4) is 0 Å². The molecule has 3 N–H and O–H groups in total. The topological polar surface area (TPSA) is 93.4 Å². The summed E-state index contributed by atoms with van der Waals surface area (Å²) in [6.45, 7) is 5.34. The van der Waals surface area contributed by atoms with E-state index in [9.17, 15) is 10.4 Å². The molecule has 0 saturated carbocycles. The zero-order valence-corrected chi connectivity index (χ0v) is 15.0. The molecule has 2 aliphatic rings. The van der Waals surface area contributed by atoms with Crippen LogP contribution in [0.25, 0.3) is 0 Å². The van der Waals surface area contributed by atoms with Gasteiger partial charge in [0.15, 0.2) is 0 Å². The van der Waals surface area contributed by atoms with Crippen LogP contribution < -0.4 is 10.6 Å². The average molecular weight is 345 g/mol. The molecular weight excluding hydrogens is 318 g/mol. The maximum atomic E-state index is 9.65. The van der Waals surface area contributed by atoms with Gasteiger partial charge in [0.05, 0.1) is 17.8 Å². The number of pyridine rings is 1. The van der Waals surface area contributed by atoms with Gasteiger partial charge in [0, 0.05) is 38.3 Å². The average Bonchev–Trinajstić information content (AvgIpc) is 3.11. The number of aromatic nitrogens is 1. The molecule has 2 atom stereocenters. The summed E-state index contributed by atoms with van der Waals surface area (Å²) in [6.07, 6.45) is 2.73. The van der Waals surface area contributed by atoms with Crippen LogP contribution in [0.5, 0.6) is 0 Å². The van der Waals surface area contributed by atoms with Crippen LogP contribution in [0.4, 0.5) is 11.6 Å². The lowest BCUT2D eigenvalue weighted by Gasteiger charge is -2.29. The summed E-state index contributed by atoms with van der Waals surface area (Å²) >= 11 is 0. The molecule has 1 aromatic rings. The Morgan fingerprint density at radius 3 is 2.92 bits per heavy atom. The molecule has 7 nitrogen and oxygen atoms in total. The van der Waals surface area contributed by atoms with Crippen molar-refractivity contribution in [2.75, 3.05) is 43.9 Å². The summed E-state index contributed by atoms with van der Waals surface area (Å²) in [6, 6.07) is 2.31. The molecule has 0 bridgehead atoms. The van der Waals surface area contributed by atoms with Gasteiger partial charge in [-0.05, 0) is 38.8 Å². The van der Waals surface area contributed by atoms with Crippen molar-refractivity contribution in [3.63, 3.8) is 0 Å². The van der Waals surface area contributed by atoms with E-state index in [0.29, 0.717) is 17.9 Å². The maximum Gasteiger partial charge on any atom is 0.146 e. The van der Waals surface area contributed by atoms with Gasteiger partial charge in [0.1, 0.15) is 17.7 Å². The van der Waals surface area contributed by atoms with E-state index < -0.39 is 6.10 Å². The van der Waals surface area contributed by atoms with Crippen LogP contribution in [0, 0.1) is 11.3 Å². The number of likely N-dealkylation sites (N-methyl/N-ethyl adjacent to an activating group) is 1. The molecule has 0 amide bonds. The van der Waals surface area contributed by atoms with Crippen LogP contribution in [-0.4, -0.2) is 60.5 Å². The van der Waals surface area contributed by atoms with Gasteiger partial charge in [-0.15, -0.1) is 0 Å². The first-order valence-corrected chi connectivity index (χ1v) is 9.00. The number of fused-ring (bicyclic) bond motifs is 1. The van der Waals surface area contributed by atoms with Gasteiger partial charge in [-0.25, -0.2) is 4.98 Å². The molecule has 136 valence electrons. The summed E-state index contributed by atoms with van der Waals surface area (Å²) in [7, 11) is 2.08. The lowest BCUT2D eigenvalue weighted by Crippen LogP contribution is -2.30. The second-order valence-corrected chi connectivity index (χ2v) is 6.99. The van der Waals surface area contributed by atoms with Gasteiger partial charge >= 0.3 is 0 Å². The van der Waals surface area contributed by atoms with Crippen LogP contribution >= 0.6 is 0 Å². The van der Waals surface area contributed by atoms with Crippen molar-refractivity contribution < 1.29 is 9.84 Å². The lowest BCUT2D eigenvalue weighted by molar-refractivity contribution is 0.120. The maximum absolute atomic E-state index is 9.65. The molecule has 0 aliphatic carbocycles. The largest absolute Gasteiger partial charge is 0.392 e. The number of aliphatic hydroxyl groups is 1. The summed E-state index contributed by atoms with van der Waals surface area (Å²) in [4.78, 5) is 6.93. The highest BCUT2D eigenvalue weighted by Gasteiger charge is 2.25. The Morgan fingerprint density at radius 1 is 1.40 bits per heavy atom. The number of rotatable bonds is 6. The van der Waals surface area contributed by atoms with Crippen LogP contribution in [0.15, 0.2) is 0 Å². The number of ether oxygens (including phenoxy) is 1. The van der Waals surface area contributed by atoms with E-state index in [4.69, 9.17) is 4.74 Å². The SMILES string of the molecule is C[C@H](O)CNc1nc(NC[C@@H]2CCCO2)c2c(c1C#N)CCN(C)C2. The fourth-order valence-corrected chi connectivity index (χ4v) is 3.42. The van der Waals surface area contributed by atoms with Crippen molar-refractivity contribution >= 4 is 11.6 Å². The van der Waals surface area contributed by atoms with Gasteiger partial charge in [0.25, 0.3) is 0 Å². The van der Waals surface area contributed by atoms with Crippen molar-refractivity contribution in [1.29, 1.82) is 5.26 Å². The Bertz CT molecular complexity index is 650.